The summed E-state index contributed by atoms with van der Waals surface area (Å²) in [5.74, 6) is -0.759. The van der Waals surface area contributed by atoms with Gasteiger partial charge in [-0.15, -0.1) is 0 Å². The van der Waals surface area contributed by atoms with Gasteiger partial charge in [-0.05, 0) is 117 Å². The average Bonchev–Trinajstić information content (AvgIpc) is 3.52. The van der Waals surface area contributed by atoms with Gasteiger partial charge in [-0.3, -0.25) is 5.04 Å². The van der Waals surface area contributed by atoms with Gasteiger partial charge in [-0.1, -0.05) is 44.2 Å². The first-order chi connectivity index (χ1) is 27.2. The minimum Gasteiger partial charge on any atom is -0.691 e. The van der Waals surface area contributed by atoms with Crippen molar-refractivity contribution >= 4 is 22.1 Å². The van der Waals surface area contributed by atoms with Crippen LogP contribution in [0.1, 0.15) is 97.2 Å². The van der Waals surface area contributed by atoms with Gasteiger partial charge in [0.25, 0.3) is 0 Å². The molecular weight excluding hydrogens is 880 g/mol. The Bertz CT molecular complexity index is 1880. The SMILES string of the molecule is CC(C)CC1(NS(=O)(=O)Cc2cc(C(F)(F)F)cc(C(F)(F)F)c2)CCC(N2CCC(c3ccccc3)CC2)C1.[Na+].[O-]OOSCc1cc(C(F)(F)F)cc(C(F)(F)F)c1. The Kier molecular flexibility index (Phi) is 18.4. The quantitative estimate of drug-likeness (QED) is 0.0504. The van der Waals surface area contributed by atoms with E-state index < -0.39 is 79.6 Å². The molecule has 5 rings (SSSR count). The van der Waals surface area contributed by atoms with E-state index in [1.165, 1.54) is 5.56 Å². The summed E-state index contributed by atoms with van der Waals surface area (Å²) in [6, 6.07) is 12.6. The summed E-state index contributed by atoms with van der Waals surface area (Å²) in [4.78, 5) is 2.40. The maximum atomic E-state index is 13.3. The summed E-state index contributed by atoms with van der Waals surface area (Å²) in [7, 11) is -4.25. The number of rotatable bonds is 12. The van der Waals surface area contributed by atoms with Gasteiger partial charge >= 0.3 is 54.3 Å². The van der Waals surface area contributed by atoms with E-state index in [0.717, 1.165) is 32.4 Å². The first kappa shape index (κ1) is 52.3. The van der Waals surface area contributed by atoms with E-state index in [2.05, 4.69) is 31.1 Å². The van der Waals surface area contributed by atoms with Crippen molar-refractivity contribution in [1.29, 1.82) is 0 Å². The second-order valence-corrected chi connectivity index (χ2v) is 17.5. The number of likely N-dealkylation sites (tertiary alicyclic amines) is 1. The van der Waals surface area contributed by atoms with E-state index in [-0.39, 0.29) is 71.3 Å². The molecule has 3 aromatic rings. The predicted octanol–water partition coefficient (Wildman–Crippen LogP) is 7.46. The van der Waals surface area contributed by atoms with E-state index in [9.17, 15) is 66.4 Å². The minimum absolute atomic E-state index is 0. The van der Waals surface area contributed by atoms with E-state index >= 15 is 0 Å². The average molecular weight is 921 g/mol. The van der Waals surface area contributed by atoms with Crippen molar-refractivity contribution in [3.8, 4) is 0 Å². The maximum absolute atomic E-state index is 13.3. The third kappa shape index (κ3) is 15.6. The second kappa shape index (κ2) is 21.1. The summed E-state index contributed by atoms with van der Waals surface area (Å²) < 4.78 is 188. The summed E-state index contributed by atoms with van der Waals surface area (Å²) in [5, 5.41) is 12.4. The number of sulfonamides is 1. The first-order valence-electron chi connectivity index (χ1n) is 18.2. The molecule has 1 aliphatic carbocycles. The maximum Gasteiger partial charge on any atom is 1.00 e. The van der Waals surface area contributed by atoms with Crippen LogP contribution < -0.4 is 39.5 Å². The van der Waals surface area contributed by atoms with Crippen LogP contribution in [0, 0.1) is 5.92 Å². The fourth-order valence-corrected chi connectivity index (χ4v) is 9.73. The summed E-state index contributed by atoms with van der Waals surface area (Å²) in [6.45, 7) is 5.71. The molecule has 1 saturated carbocycles. The van der Waals surface area contributed by atoms with Crippen LogP contribution in [-0.2, 0) is 55.6 Å². The molecule has 1 aliphatic heterocycles. The summed E-state index contributed by atoms with van der Waals surface area (Å²) in [6.07, 6.45) is -15.5. The van der Waals surface area contributed by atoms with Crippen molar-refractivity contribution < 1.29 is 105 Å². The largest absolute Gasteiger partial charge is 1.00 e. The van der Waals surface area contributed by atoms with Gasteiger partial charge in [0.05, 0.1) is 28.0 Å². The number of hydrogen-bond acceptors (Lipinski definition) is 7. The van der Waals surface area contributed by atoms with E-state index in [1.54, 1.807) is 0 Å². The zero-order chi connectivity index (χ0) is 44.0. The molecule has 2 unspecified atom stereocenters. The van der Waals surface area contributed by atoms with Gasteiger partial charge < -0.3 is 10.2 Å². The third-order valence-electron chi connectivity index (χ3n) is 10.0. The van der Waals surface area contributed by atoms with Crippen LogP contribution in [0.25, 0.3) is 0 Å². The molecule has 0 bridgehead atoms. The molecular formula is C38H41F12N2NaO5S2. The number of hydrogen-bond donors (Lipinski definition) is 1. The van der Waals surface area contributed by atoms with Crippen LogP contribution >= 0.6 is 12.0 Å². The van der Waals surface area contributed by atoms with Gasteiger partial charge in [-0.2, -0.15) is 57.0 Å². The molecule has 1 saturated heterocycles. The summed E-state index contributed by atoms with van der Waals surface area (Å²) in [5.41, 5.74) is -6.24. The molecule has 3 aromatic carbocycles. The fourth-order valence-electron chi connectivity index (χ4n) is 7.74. The van der Waals surface area contributed by atoms with Crippen LogP contribution in [0.5, 0.6) is 0 Å². The topological polar surface area (TPSA) is 90.9 Å². The smallest absolute Gasteiger partial charge is 0.691 e. The molecule has 0 spiro atoms. The number of nitrogens with zero attached hydrogens (tertiary/aromatic N) is 1. The molecule has 2 atom stereocenters. The van der Waals surface area contributed by atoms with Crippen molar-refractivity contribution in [3.63, 3.8) is 0 Å². The zero-order valence-corrected chi connectivity index (χ0v) is 36.1. The van der Waals surface area contributed by atoms with Crippen LogP contribution in [0.2, 0.25) is 0 Å². The first-order valence-corrected chi connectivity index (χ1v) is 20.7. The number of piperidine rings is 1. The van der Waals surface area contributed by atoms with Crippen LogP contribution in [0.4, 0.5) is 52.7 Å². The molecule has 0 aromatic heterocycles. The van der Waals surface area contributed by atoms with Gasteiger partial charge in [0.1, 0.15) is 0 Å². The number of nitrogens with one attached hydrogen (secondary N) is 1. The van der Waals surface area contributed by atoms with Gasteiger partial charge in [0.15, 0.2) is 0 Å². The Morgan fingerprint density at radius 3 is 1.67 bits per heavy atom. The molecule has 330 valence electrons. The number of benzene rings is 3. The Morgan fingerprint density at radius 1 is 0.767 bits per heavy atom. The van der Waals surface area contributed by atoms with Crippen molar-refractivity contribution in [2.24, 2.45) is 5.92 Å². The van der Waals surface area contributed by atoms with Crippen molar-refractivity contribution in [3.05, 3.63) is 106 Å². The van der Waals surface area contributed by atoms with E-state index in [0.29, 0.717) is 49.4 Å². The van der Waals surface area contributed by atoms with E-state index in [1.807, 2.05) is 32.0 Å². The van der Waals surface area contributed by atoms with Crippen molar-refractivity contribution in [2.75, 3.05) is 13.1 Å². The normalized spacial score (nSPS) is 19.8. The van der Waals surface area contributed by atoms with Gasteiger partial charge in [-0.25, -0.2) is 13.1 Å². The molecule has 0 amide bonds. The predicted molar refractivity (Wildman–Crippen MR) is 192 cm³/mol. The minimum atomic E-state index is -5.04. The molecule has 0 radical (unpaired) electrons. The Labute approximate surface area is 366 Å². The molecule has 1 N–H and O–H groups in total. The fraction of sp³-hybridized carbons (Fsp3) is 0.526. The van der Waals surface area contributed by atoms with Crippen LogP contribution in [0.3, 0.4) is 0 Å². The third-order valence-corrected chi connectivity index (χ3v) is 12.1. The van der Waals surface area contributed by atoms with Crippen molar-refractivity contribution in [1.82, 2.24) is 9.62 Å². The zero-order valence-electron chi connectivity index (χ0n) is 32.5. The molecule has 2 aliphatic rings. The Morgan fingerprint density at radius 2 is 1.23 bits per heavy atom. The molecule has 22 heteroatoms. The van der Waals surface area contributed by atoms with Crippen molar-refractivity contribution in [2.45, 2.75) is 106 Å². The van der Waals surface area contributed by atoms with Crippen LogP contribution in [-0.4, -0.2) is 38.0 Å². The number of alkyl halides is 12. The molecule has 2 fully saturated rings. The second-order valence-electron chi connectivity index (χ2n) is 15.1. The number of halogens is 12. The molecule has 7 nitrogen and oxygen atoms in total. The summed E-state index contributed by atoms with van der Waals surface area (Å²) >= 11 is 0.276. The standard InChI is InChI=1S/C29H36F6N2O2S.C9H6F6O3S.Na/c1-20(2)17-27(11-8-26(18-27)37-12-9-23(10-13-37)22-6-4-3-5-7-22)36-40(38,39)19-21-14-24(28(30,31)32)16-25(15-21)29(33,34)35;10-8(11,12)6-1-5(4-19-18-17-16)2-7(3-6)9(13,14)15;/h3-7,14-16,20,23,26,36H,8-13,17-19H2,1-2H3;1-3,16H,4H2;/q;;+1/p-1. The van der Waals surface area contributed by atoms with Gasteiger partial charge in [0, 0.05) is 29.4 Å². The monoisotopic (exact) mass is 920 g/mol. The van der Waals surface area contributed by atoms with E-state index in [4.69, 9.17) is 0 Å². The van der Waals surface area contributed by atoms with Gasteiger partial charge in [0.2, 0.25) is 10.0 Å². The Hall–Kier alpha value is -2.08. The Balaban J connectivity index is 0.000000405. The molecule has 60 heavy (non-hydrogen) atoms. The molecule has 1 heterocycles. The van der Waals surface area contributed by atoms with Crippen LogP contribution in [0.15, 0.2) is 66.7 Å².